The van der Waals surface area contributed by atoms with Gasteiger partial charge in [-0.3, -0.25) is 19.7 Å². The van der Waals surface area contributed by atoms with Gasteiger partial charge in [0.15, 0.2) is 0 Å². The van der Waals surface area contributed by atoms with Crippen LogP contribution in [-0.4, -0.2) is 16.7 Å². The van der Waals surface area contributed by atoms with Crippen molar-refractivity contribution in [3.8, 4) is 0 Å². The summed E-state index contributed by atoms with van der Waals surface area (Å²) in [5.74, 6) is -0.927. The van der Waals surface area contributed by atoms with E-state index in [0.29, 0.717) is 12.2 Å². The molecule has 4 unspecified atom stereocenters. The van der Waals surface area contributed by atoms with Gasteiger partial charge in [-0.15, -0.1) is 0 Å². The van der Waals surface area contributed by atoms with Gasteiger partial charge in [-0.1, -0.05) is 42.0 Å². The Morgan fingerprint density at radius 1 is 1.03 bits per heavy atom. The van der Waals surface area contributed by atoms with Crippen molar-refractivity contribution >= 4 is 28.9 Å². The second kappa shape index (κ2) is 6.79. The van der Waals surface area contributed by atoms with Gasteiger partial charge in [-0.2, -0.15) is 0 Å². The summed E-state index contributed by atoms with van der Waals surface area (Å²) in [5.41, 5.74) is 2.61. The normalized spacial score (nSPS) is 26.4. The fourth-order valence-electron chi connectivity index (χ4n) is 5.02. The van der Waals surface area contributed by atoms with E-state index >= 15 is 0 Å². The lowest BCUT2D eigenvalue weighted by atomic mass is 9.85. The number of anilines is 2. The molecule has 0 radical (unpaired) electrons. The zero-order valence-corrected chi connectivity index (χ0v) is 16.4. The SMILES string of the molecule is Cc1ccc(CNc2ccc(N3C(=O)C4C5C=CC(C5)C4C3=O)cc2[N+](=O)[O-])cc1. The molecule has 7 nitrogen and oxygen atoms in total. The molecule has 3 aliphatic rings. The lowest BCUT2D eigenvalue weighted by Gasteiger charge is -2.18. The van der Waals surface area contributed by atoms with Crippen molar-refractivity contribution in [2.24, 2.45) is 23.7 Å². The molecule has 1 heterocycles. The maximum Gasteiger partial charge on any atom is 0.294 e. The predicted octanol–water partition coefficient (Wildman–Crippen LogP) is 3.83. The summed E-state index contributed by atoms with van der Waals surface area (Å²) in [6.45, 7) is 2.43. The van der Waals surface area contributed by atoms with Gasteiger partial charge in [0.05, 0.1) is 22.4 Å². The predicted molar refractivity (Wildman–Crippen MR) is 112 cm³/mol. The topological polar surface area (TPSA) is 92.6 Å². The molecule has 1 aliphatic heterocycles. The molecule has 2 aromatic rings. The molecule has 7 heteroatoms. The number of nitrogens with one attached hydrogen (secondary N) is 1. The van der Waals surface area contributed by atoms with Crippen LogP contribution in [0.25, 0.3) is 0 Å². The van der Waals surface area contributed by atoms with E-state index in [1.165, 1.54) is 6.07 Å². The van der Waals surface area contributed by atoms with E-state index in [-0.39, 0.29) is 46.9 Å². The van der Waals surface area contributed by atoms with E-state index in [1.807, 2.05) is 43.3 Å². The van der Waals surface area contributed by atoms with Gasteiger partial charge in [0, 0.05) is 12.6 Å². The molecule has 4 atom stereocenters. The number of nitro benzene ring substituents is 1. The molecule has 0 spiro atoms. The number of imide groups is 1. The Morgan fingerprint density at radius 3 is 2.27 bits per heavy atom. The van der Waals surface area contributed by atoms with Gasteiger partial charge >= 0.3 is 0 Å². The van der Waals surface area contributed by atoms with Crippen LogP contribution in [0, 0.1) is 40.7 Å². The van der Waals surface area contributed by atoms with Crippen LogP contribution in [0.5, 0.6) is 0 Å². The van der Waals surface area contributed by atoms with Crippen molar-refractivity contribution in [3.05, 3.63) is 75.9 Å². The lowest BCUT2D eigenvalue weighted by molar-refractivity contribution is -0.383. The van der Waals surface area contributed by atoms with Crippen molar-refractivity contribution in [1.29, 1.82) is 0 Å². The lowest BCUT2D eigenvalue weighted by Crippen LogP contribution is -2.32. The molecule has 2 aromatic carbocycles. The van der Waals surface area contributed by atoms with E-state index < -0.39 is 4.92 Å². The zero-order chi connectivity index (χ0) is 21.0. The van der Waals surface area contributed by atoms with Crippen LogP contribution in [0.1, 0.15) is 17.5 Å². The highest BCUT2D eigenvalue weighted by Crippen LogP contribution is 2.53. The van der Waals surface area contributed by atoms with Gasteiger partial charge < -0.3 is 5.32 Å². The standard InChI is InChI=1S/C23H21N3O4/c1-13-2-4-14(5-3-13)12-24-18-9-8-17(11-19(18)26(29)30)25-22(27)20-15-6-7-16(10-15)21(20)23(25)28/h2-9,11,15-16,20-21,24H,10,12H2,1H3. The molecule has 5 rings (SSSR count). The summed E-state index contributed by atoms with van der Waals surface area (Å²) in [7, 11) is 0. The quantitative estimate of drug-likeness (QED) is 0.355. The number of hydrogen-bond donors (Lipinski definition) is 1. The Hall–Kier alpha value is -3.48. The smallest absolute Gasteiger partial charge is 0.294 e. The van der Waals surface area contributed by atoms with Gasteiger partial charge in [-0.05, 0) is 42.9 Å². The average Bonchev–Trinajstić information content (AvgIpc) is 3.41. The Kier molecular flexibility index (Phi) is 4.20. The van der Waals surface area contributed by atoms with Crippen LogP contribution in [0.3, 0.4) is 0 Å². The molecule has 30 heavy (non-hydrogen) atoms. The van der Waals surface area contributed by atoms with Crippen molar-refractivity contribution in [2.45, 2.75) is 19.9 Å². The number of amides is 2. The molecule has 1 N–H and O–H groups in total. The first-order chi connectivity index (χ1) is 14.4. The molecule has 2 bridgehead atoms. The Labute approximate surface area is 173 Å². The number of aryl methyl sites for hydroxylation is 1. The van der Waals surface area contributed by atoms with Crippen LogP contribution >= 0.6 is 0 Å². The third kappa shape index (κ3) is 2.81. The second-order valence-electron chi connectivity index (χ2n) is 8.31. The summed E-state index contributed by atoms with van der Waals surface area (Å²) < 4.78 is 0. The van der Waals surface area contributed by atoms with Crippen LogP contribution in [0.4, 0.5) is 17.1 Å². The average molecular weight is 403 g/mol. The Bertz CT molecular complexity index is 1060. The number of carbonyl (C=O) groups is 2. The van der Waals surface area contributed by atoms with Crippen LogP contribution in [0.15, 0.2) is 54.6 Å². The minimum absolute atomic E-state index is 0.104. The number of benzene rings is 2. The molecular weight excluding hydrogens is 382 g/mol. The summed E-state index contributed by atoms with van der Waals surface area (Å²) in [5, 5.41) is 14.8. The summed E-state index contributed by atoms with van der Waals surface area (Å²) in [6, 6.07) is 12.4. The van der Waals surface area contributed by atoms with Gasteiger partial charge in [0.2, 0.25) is 11.8 Å². The zero-order valence-electron chi connectivity index (χ0n) is 16.4. The number of fused-ring (bicyclic) bond motifs is 5. The third-order valence-electron chi connectivity index (χ3n) is 6.51. The van der Waals surface area contributed by atoms with Crippen molar-refractivity contribution in [2.75, 3.05) is 10.2 Å². The maximum atomic E-state index is 13.0. The fraction of sp³-hybridized carbons (Fsp3) is 0.304. The van der Waals surface area contributed by atoms with Gasteiger partial charge in [0.1, 0.15) is 5.69 Å². The highest BCUT2D eigenvalue weighted by Gasteiger charge is 2.59. The summed E-state index contributed by atoms with van der Waals surface area (Å²) >= 11 is 0. The van der Waals surface area contributed by atoms with E-state index in [9.17, 15) is 19.7 Å². The minimum atomic E-state index is -0.488. The summed E-state index contributed by atoms with van der Waals surface area (Å²) in [6.07, 6.45) is 4.91. The van der Waals surface area contributed by atoms with E-state index in [2.05, 4.69) is 5.32 Å². The Morgan fingerprint density at radius 2 is 1.67 bits per heavy atom. The largest absolute Gasteiger partial charge is 0.375 e. The van der Waals surface area contributed by atoms with Crippen molar-refractivity contribution in [1.82, 2.24) is 0 Å². The molecule has 152 valence electrons. The molecular formula is C23H21N3O4. The molecule has 2 amide bonds. The number of carbonyl (C=O) groups excluding carboxylic acids is 2. The molecule has 1 saturated heterocycles. The third-order valence-corrected chi connectivity index (χ3v) is 6.51. The van der Waals surface area contributed by atoms with Crippen LogP contribution < -0.4 is 10.2 Å². The van der Waals surface area contributed by atoms with E-state index in [1.54, 1.807) is 12.1 Å². The number of rotatable bonds is 5. The molecule has 1 saturated carbocycles. The fourth-order valence-corrected chi connectivity index (χ4v) is 5.02. The first-order valence-corrected chi connectivity index (χ1v) is 10.1. The number of hydrogen-bond acceptors (Lipinski definition) is 5. The first kappa shape index (κ1) is 18.5. The second-order valence-corrected chi connectivity index (χ2v) is 8.31. The first-order valence-electron chi connectivity index (χ1n) is 10.1. The molecule has 0 aromatic heterocycles. The van der Waals surface area contributed by atoms with Gasteiger partial charge in [0.25, 0.3) is 5.69 Å². The van der Waals surface area contributed by atoms with E-state index in [0.717, 1.165) is 22.4 Å². The summed E-state index contributed by atoms with van der Waals surface area (Å²) in [4.78, 5) is 38.3. The molecule has 2 fully saturated rings. The van der Waals surface area contributed by atoms with Crippen molar-refractivity contribution in [3.63, 3.8) is 0 Å². The maximum absolute atomic E-state index is 13.0. The van der Waals surface area contributed by atoms with Crippen LogP contribution in [0.2, 0.25) is 0 Å². The number of nitro groups is 1. The highest BCUT2D eigenvalue weighted by molar-refractivity contribution is 6.23. The Balaban J connectivity index is 1.41. The monoisotopic (exact) mass is 403 g/mol. The minimum Gasteiger partial charge on any atom is -0.375 e. The van der Waals surface area contributed by atoms with Crippen LogP contribution in [-0.2, 0) is 16.1 Å². The number of nitrogens with zero attached hydrogens (tertiary/aromatic N) is 2. The van der Waals surface area contributed by atoms with Gasteiger partial charge in [-0.25, -0.2) is 4.90 Å². The number of allylic oxidation sites excluding steroid dienone is 2. The van der Waals surface area contributed by atoms with Crippen molar-refractivity contribution < 1.29 is 14.5 Å². The highest BCUT2D eigenvalue weighted by atomic mass is 16.6. The van der Waals surface area contributed by atoms with E-state index in [4.69, 9.17) is 0 Å². The molecule has 2 aliphatic carbocycles.